The number of aromatic hydroxyl groups is 1. The number of hydrogen-bond acceptors (Lipinski definition) is 2. The van der Waals surface area contributed by atoms with E-state index >= 15 is 0 Å². The SMILES string of the molecule is O=C(c1ccccc1O)C(Br)C(Br)c1ccc(Br)cc1. The molecule has 0 radical (unpaired) electrons. The molecule has 2 nitrogen and oxygen atoms in total. The van der Waals surface area contributed by atoms with Crippen LogP contribution >= 0.6 is 47.8 Å². The number of para-hydroxylation sites is 1. The van der Waals surface area contributed by atoms with Gasteiger partial charge in [-0.25, -0.2) is 0 Å². The number of carbonyl (C=O) groups is 1. The number of phenolic OH excluding ortho intramolecular Hbond substituents is 1. The molecule has 0 aliphatic carbocycles. The third-order valence-corrected chi connectivity index (χ3v) is 6.11. The number of Topliss-reactive ketones (excluding diaryl/α,β-unsaturated/α-hetero) is 1. The molecule has 1 N–H and O–H groups in total. The average molecular weight is 463 g/mol. The predicted octanol–water partition coefficient (Wildman–Crippen LogP) is 5.24. The molecule has 0 saturated heterocycles. The summed E-state index contributed by atoms with van der Waals surface area (Å²) in [7, 11) is 0. The molecule has 2 aromatic rings. The Bertz CT molecular complexity index is 611. The van der Waals surface area contributed by atoms with E-state index in [2.05, 4.69) is 47.8 Å². The lowest BCUT2D eigenvalue weighted by molar-refractivity contribution is 0.0988. The molecule has 104 valence electrons. The standard InChI is InChI=1S/C15H11Br3O2/c16-10-7-5-9(6-8-10)13(17)14(18)15(20)11-3-1-2-4-12(11)19/h1-8,13-14,19H. The first-order valence-electron chi connectivity index (χ1n) is 5.86. The topological polar surface area (TPSA) is 37.3 Å². The zero-order chi connectivity index (χ0) is 14.7. The Hall–Kier alpha value is -0.650. The van der Waals surface area contributed by atoms with Gasteiger partial charge in [-0.05, 0) is 29.8 Å². The molecule has 0 fully saturated rings. The molecule has 2 unspecified atom stereocenters. The highest BCUT2D eigenvalue weighted by molar-refractivity contribution is 9.12. The summed E-state index contributed by atoms with van der Waals surface area (Å²) >= 11 is 10.3. The van der Waals surface area contributed by atoms with E-state index in [1.54, 1.807) is 18.2 Å². The van der Waals surface area contributed by atoms with Crippen molar-refractivity contribution in [1.82, 2.24) is 0 Å². The van der Waals surface area contributed by atoms with E-state index in [-0.39, 0.29) is 16.4 Å². The van der Waals surface area contributed by atoms with Crippen molar-refractivity contribution in [3.63, 3.8) is 0 Å². The predicted molar refractivity (Wildman–Crippen MR) is 91.0 cm³/mol. The van der Waals surface area contributed by atoms with Gasteiger partial charge in [0, 0.05) is 4.47 Å². The normalized spacial score (nSPS) is 13.8. The zero-order valence-electron chi connectivity index (χ0n) is 10.3. The number of carbonyl (C=O) groups excluding carboxylic acids is 1. The molecule has 0 aliphatic rings. The molecule has 0 saturated carbocycles. The van der Waals surface area contributed by atoms with Gasteiger partial charge in [0.2, 0.25) is 0 Å². The highest BCUT2D eigenvalue weighted by atomic mass is 79.9. The van der Waals surface area contributed by atoms with Crippen molar-refractivity contribution >= 4 is 53.6 Å². The number of hydrogen-bond donors (Lipinski definition) is 1. The van der Waals surface area contributed by atoms with Crippen LogP contribution in [-0.2, 0) is 0 Å². The second-order valence-corrected chi connectivity index (χ2v) is 7.13. The first-order chi connectivity index (χ1) is 9.50. The maximum Gasteiger partial charge on any atom is 0.181 e. The smallest absolute Gasteiger partial charge is 0.181 e. The van der Waals surface area contributed by atoms with Gasteiger partial charge in [-0.3, -0.25) is 4.79 Å². The van der Waals surface area contributed by atoms with Crippen LogP contribution in [0.3, 0.4) is 0 Å². The van der Waals surface area contributed by atoms with Crippen molar-refractivity contribution in [3.8, 4) is 5.75 Å². The number of alkyl halides is 2. The molecule has 0 aromatic heterocycles. The summed E-state index contributed by atoms with van der Waals surface area (Å²) in [4.78, 5) is 11.8. The fraction of sp³-hybridized carbons (Fsp3) is 0.133. The highest BCUT2D eigenvalue weighted by Crippen LogP contribution is 2.35. The fourth-order valence-corrected chi connectivity index (χ4v) is 3.14. The van der Waals surface area contributed by atoms with Gasteiger partial charge < -0.3 is 5.11 Å². The van der Waals surface area contributed by atoms with E-state index in [0.29, 0.717) is 5.56 Å². The minimum Gasteiger partial charge on any atom is -0.507 e. The molecule has 0 heterocycles. The van der Waals surface area contributed by atoms with Crippen LogP contribution in [0, 0.1) is 0 Å². The minimum absolute atomic E-state index is 0.00236. The molecule has 5 heteroatoms. The summed E-state index contributed by atoms with van der Waals surface area (Å²) in [5.41, 5.74) is 1.30. The van der Waals surface area contributed by atoms with Gasteiger partial charge in [0.25, 0.3) is 0 Å². The van der Waals surface area contributed by atoms with Gasteiger partial charge in [-0.15, -0.1) is 0 Å². The lowest BCUT2D eigenvalue weighted by Crippen LogP contribution is -2.19. The van der Waals surface area contributed by atoms with Crippen LogP contribution in [0.15, 0.2) is 53.0 Å². The van der Waals surface area contributed by atoms with Gasteiger partial charge in [0.05, 0.1) is 15.2 Å². The zero-order valence-corrected chi connectivity index (χ0v) is 15.0. The Labute approximate surface area is 142 Å². The quantitative estimate of drug-likeness (QED) is 0.498. The van der Waals surface area contributed by atoms with E-state index in [1.807, 2.05) is 24.3 Å². The monoisotopic (exact) mass is 460 g/mol. The molecule has 0 bridgehead atoms. The molecule has 0 amide bonds. The lowest BCUT2D eigenvalue weighted by Gasteiger charge is -2.17. The van der Waals surface area contributed by atoms with Crippen LogP contribution in [0.5, 0.6) is 5.75 Å². The summed E-state index contributed by atoms with van der Waals surface area (Å²) in [6, 6.07) is 14.3. The number of phenols is 1. The molecular formula is C15H11Br3O2. The number of halogens is 3. The largest absolute Gasteiger partial charge is 0.507 e. The third kappa shape index (κ3) is 3.51. The van der Waals surface area contributed by atoms with E-state index in [4.69, 9.17) is 0 Å². The maximum atomic E-state index is 12.4. The first kappa shape index (κ1) is 15.7. The first-order valence-corrected chi connectivity index (χ1v) is 8.49. The number of benzene rings is 2. The van der Waals surface area contributed by atoms with E-state index < -0.39 is 4.83 Å². The highest BCUT2D eigenvalue weighted by Gasteiger charge is 2.27. The second kappa shape index (κ2) is 6.87. The Morgan fingerprint density at radius 3 is 2.20 bits per heavy atom. The van der Waals surface area contributed by atoms with Crippen LogP contribution in [0.2, 0.25) is 0 Å². The molecule has 2 aromatic carbocycles. The summed E-state index contributed by atoms with van der Waals surface area (Å²) in [5, 5.41) is 9.76. The van der Waals surface area contributed by atoms with E-state index in [1.165, 1.54) is 6.07 Å². The van der Waals surface area contributed by atoms with Gasteiger partial charge in [0.1, 0.15) is 5.75 Å². The van der Waals surface area contributed by atoms with Crippen LogP contribution in [-0.4, -0.2) is 15.7 Å². The Kier molecular flexibility index (Phi) is 5.41. The van der Waals surface area contributed by atoms with Crippen molar-refractivity contribution in [2.75, 3.05) is 0 Å². The van der Waals surface area contributed by atoms with Crippen molar-refractivity contribution in [2.45, 2.75) is 9.65 Å². The Balaban J connectivity index is 2.22. The van der Waals surface area contributed by atoms with Crippen LogP contribution in [0.25, 0.3) is 0 Å². The average Bonchev–Trinajstić information content (AvgIpc) is 2.46. The summed E-state index contributed by atoms with van der Waals surface area (Å²) < 4.78 is 0.985. The molecule has 0 spiro atoms. The summed E-state index contributed by atoms with van der Waals surface area (Å²) in [6.45, 7) is 0. The Morgan fingerprint density at radius 1 is 1.00 bits per heavy atom. The van der Waals surface area contributed by atoms with Crippen molar-refractivity contribution in [2.24, 2.45) is 0 Å². The second-order valence-electron chi connectivity index (χ2n) is 4.24. The van der Waals surface area contributed by atoms with Crippen LogP contribution < -0.4 is 0 Å². The van der Waals surface area contributed by atoms with Gasteiger partial charge in [0.15, 0.2) is 5.78 Å². The number of rotatable bonds is 4. The maximum absolute atomic E-state index is 12.4. The van der Waals surface area contributed by atoms with Crippen molar-refractivity contribution in [3.05, 3.63) is 64.1 Å². The van der Waals surface area contributed by atoms with Crippen LogP contribution in [0.1, 0.15) is 20.7 Å². The van der Waals surface area contributed by atoms with E-state index in [0.717, 1.165) is 10.0 Å². The van der Waals surface area contributed by atoms with Gasteiger partial charge >= 0.3 is 0 Å². The Morgan fingerprint density at radius 2 is 1.60 bits per heavy atom. The third-order valence-electron chi connectivity index (χ3n) is 2.87. The number of ketones is 1. The van der Waals surface area contributed by atoms with E-state index in [9.17, 15) is 9.90 Å². The van der Waals surface area contributed by atoms with Crippen molar-refractivity contribution in [1.29, 1.82) is 0 Å². The minimum atomic E-state index is -0.461. The molecule has 0 aliphatic heterocycles. The van der Waals surface area contributed by atoms with Gasteiger partial charge in [-0.2, -0.15) is 0 Å². The molecule has 2 rings (SSSR count). The molecule has 20 heavy (non-hydrogen) atoms. The van der Waals surface area contributed by atoms with Gasteiger partial charge in [-0.1, -0.05) is 72.1 Å². The lowest BCUT2D eigenvalue weighted by atomic mass is 10.0. The molecule has 2 atom stereocenters. The van der Waals surface area contributed by atoms with Crippen molar-refractivity contribution < 1.29 is 9.90 Å². The summed E-state index contributed by atoms with van der Waals surface area (Å²) in [6.07, 6.45) is 0. The molecular weight excluding hydrogens is 452 g/mol. The van der Waals surface area contributed by atoms with Crippen LogP contribution in [0.4, 0.5) is 0 Å². The fourth-order valence-electron chi connectivity index (χ4n) is 1.78. The summed E-state index contributed by atoms with van der Waals surface area (Å²) in [5.74, 6) is -0.162.